The lowest BCUT2D eigenvalue weighted by Crippen LogP contribution is -2.17. The Labute approximate surface area is 158 Å². The molecule has 0 fully saturated rings. The van der Waals surface area contributed by atoms with Crippen molar-refractivity contribution in [2.45, 2.75) is 66.2 Å². The van der Waals surface area contributed by atoms with Crippen LogP contribution in [0.3, 0.4) is 0 Å². The van der Waals surface area contributed by atoms with E-state index in [1.54, 1.807) is 13.8 Å². The first-order chi connectivity index (χ1) is 12.4. The van der Waals surface area contributed by atoms with Crippen molar-refractivity contribution in [2.75, 3.05) is 13.2 Å². The molecule has 0 saturated heterocycles. The maximum absolute atomic E-state index is 11.9. The fraction of sp³-hybridized carbons (Fsp3) is 0.700. The van der Waals surface area contributed by atoms with Gasteiger partial charge in [0.1, 0.15) is 0 Å². The molecule has 0 bridgehead atoms. The Bertz CT molecular complexity index is 526. The topological polar surface area (TPSA) is 69.7 Å². The van der Waals surface area contributed by atoms with Gasteiger partial charge < -0.3 is 0 Å². The highest BCUT2D eigenvalue weighted by Gasteiger charge is 2.26. The molecular weight excluding hydrogens is 351 g/mol. The number of Topliss-reactive ketones (excluding diaryl/α,β-unsaturated/α-hetero) is 2. The zero-order valence-electron chi connectivity index (χ0n) is 16.3. The molecule has 0 aromatic heterocycles. The third-order valence-electron chi connectivity index (χ3n) is 3.54. The van der Waals surface area contributed by atoms with E-state index in [0.29, 0.717) is 12.8 Å². The van der Waals surface area contributed by atoms with Crippen molar-refractivity contribution in [1.29, 1.82) is 0 Å². The second kappa shape index (κ2) is 15.7. The Morgan fingerprint density at radius 1 is 0.808 bits per heavy atom. The second-order valence-electron chi connectivity index (χ2n) is 6.12. The summed E-state index contributed by atoms with van der Waals surface area (Å²) in [5.41, 5.74) is 0. The van der Waals surface area contributed by atoms with Crippen LogP contribution >= 0.6 is 8.25 Å². The molecule has 26 heavy (non-hydrogen) atoms. The van der Waals surface area contributed by atoms with Crippen molar-refractivity contribution in [1.82, 2.24) is 0 Å². The van der Waals surface area contributed by atoms with Crippen LogP contribution in [0.5, 0.6) is 0 Å². The molecule has 0 amide bonds. The number of hydrogen-bond acceptors (Lipinski definition) is 5. The van der Waals surface area contributed by atoms with Crippen molar-refractivity contribution < 1.29 is 23.2 Å². The van der Waals surface area contributed by atoms with E-state index in [1.165, 1.54) is 0 Å². The van der Waals surface area contributed by atoms with Gasteiger partial charge in [0.25, 0.3) is 0 Å². The molecule has 0 spiro atoms. The van der Waals surface area contributed by atoms with E-state index in [1.807, 2.05) is 13.8 Å². The van der Waals surface area contributed by atoms with E-state index >= 15 is 0 Å². The molecule has 0 aliphatic rings. The van der Waals surface area contributed by atoms with Gasteiger partial charge in [-0.05, 0) is 12.8 Å². The zero-order valence-corrected chi connectivity index (χ0v) is 17.2. The van der Waals surface area contributed by atoms with Crippen LogP contribution in [0.15, 0.2) is 0 Å². The zero-order chi connectivity index (χ0) is 19.8. The maximum atomic E-state index is 11.9. The summed E-state index contributed by atoms with van der Waals surface area (Å²) >= 11 is 0. The van der Waals surface area contributed by atoms with Crippen molar-refractivity contribution in [3.63, 3.8) is 0 Å². The first-order valence-electron chi connectivity index (χ1n) is 9.12. The predicted octanol–water partition coefficient (Wildman–Crippen LogP) is 4.47. The van der Waals surface area contributed by atoms with E-state index < -0.39 is 8.25 Å². The summed E-state index contributed by atoms with van der Waals surface area (Å²) < 4.78 is 21.4. The van der Waals surface area contributed by atoms with E-state index in [9.17, 15) is 14.2 Å². The number of hydrogen-bond donors (Lipinski definition) is 0. The molecule has 0 radical (unpaired) electrons. The first kappa shape index (κ1) is 24.5. The SMILES string of the molecule is CCCC#CC[C@H](C)C(=O)CO[P+](=O)OCC(=O)[C@@H](C)CC#CCCC. The van der Waals surface area contributed by atoms with Crippen LogP contribution in [0.4, 0.5) is 0 Å². The molecule has 0 aliphatic carbocycles. The van der Waals surface area contributed by atoms with Gasteiger partial charge in [0.2, 0.25) is 0 Å². The second-order valence-corrected chi connectivity index (χ2v) is 7.08. The van der Waals surface area contributed by atoms with Gasteiger partial charge >= 0.3 is 8.25 Å². The van der Waals surface area contributed by atoms with Crippen molar-refractivity contribution >= 4 is 19.8 Å². The third-order valence-corrected chi connectivity index (χ3v) is 4.22. The Morgan fingerprint density at radius 3 is 1.54 bits per heavy atom. The van der Waals surface area contributed by atoms with Crippen LogP contribution in [0.25, 0.3) is 0 Å². The fourth-order valence-corrected chi connectivity index (χ4v) is 2.20. The molecule has 0 unspecified atom stereocenters. The molecular formula is C20H30O5P+. The maximum Gasteiger partial charge on any atom is 0.698 e. The summed E-state index contributed by atoms with van der Waals surface area (Å²) in [4.78, 5) is 23.7. The largest absolute Gasteiger partial charge is 0.698 e. The molecule has 5 nitrogen and oxygen atoms in total. The highest BCUT2D eigenvalue weighted by atomic mass is 31.1. The highest BCUT2D eigenvalue weighted by molar-refractivity contribution is 7.33. The Morgan fingerprint density at radius 2 is 1.19 bits per heavy atom. The van der Waals surface area contributed by atoms with Crippen LogP contribution in [-0.2, 0) is 23.2 Å². The van der Waals surface area contributed by atoms with E-state index in [0.717, 1.165) is 25.7 Å². The monoisotopic (exact) mass is 381 g/mol. The van der Waals surface area contributed by atoms with Gasteiger partial charge in [-0.1, -0.05) is 27.7 Å². The summed E-state index contributed by atoms with van der Waals surface area (Å²) in [5.74, 6) is 10.9. The Hall–Kier alpha value is -1.52. The molecule has 0 aromatic carbocycles. The molecule has 2 atom stereocenters. The summed E-state index contributed by atoms with van der Waals surface area (Å²) in [5, 5.41) is 0. The van der Waals surface area contributed by atoms with Crippen LogP contribution in [0.2, 0.25) is 0 Å². The quantitative estimate of drug-likeness (QED) is 0.368. The lowest BCUT2D eigenvalue weighted by molar-refractivity contribution is -0.124. The number of ketones is 2. The molecule has 0 heterocycles. The number of unbranched alkanes of at least 4 members (excludes halogenated alkanes) is 2. The van der Waals surface area contributed by atoms with E-state index in [4.69, 9.17) is 9.05 Å². The summed E-state index contributed by atoms with van der Waals surface area (Å²) in [6.45, 7) is 6.98. The Balaban J connectivity index is 4.05. The summed E-state index contributed by atoms with van der Waals surface area (Å²) in [7, 11) is -2.50. The first-order valence-corrected chi connectivity index (χ1v) is 10.2. The van der Waals surface area contributed by atoms with Gasteiger partial charge in [-0.25, -0.2) is 0 Å². The van der Waals surface area contributed by atoms with Gasteiger partial charge in [0, 0.05) is 42.1 Å². The van der Waals surface area contributed by atoms with Crippen molar-refractivity contribution in [3.8, 4) is 23.7 Å². The standard InChI is InChI=1S/C20H30O5P/c1-5-7-9-11-13-17(3)19(21)15-24-26(23)25-16-20(22)18(4)14-12-10-8-6-2/h17-18H,5-8,13-16H2,1-4H3/q+1/t17-,18-/m0/s1. The van der Waals surface area contributed by atoms with E-state index in [-0.39, 0.29) is 36.6 Å². The normalized spacial score (nSPS) is 12.2. The third kappa shape index (κ3) is 12.8. The molecule has 144 valence electrons. The van der Waals surface area contributed by atoms with Crippen LogP contribution < -0.4 is 0 Å². The molecule has 0 aromatic rings. The van der Waals surface area contributed by atoms with E-state index in [2.05, 4.69) is 23.7 Å². The number of carbonyl (C=O) groups is 2. The van der Waals surface area contributed by atoms with Gasteiger partial charge in [0.05, 0.1) is 0 Å². The molecule has 0 rings (SSSR count). The van der Waals surface area contributed by atoms with Crippen LogP contribution in [0.1, 0.15) is 66.2 Å². The van der Waals surface area contributed by atoms with Crippen LogP contribution in [-0.4, -0.2) is 24.8 Å². The fourth-order valence-electron chi connectivity index (χ4n) is 1.66. The molecule has 0 aliphatic heterocycles. The highest BCUT2D eigenvalue weighted by Crippen LogP contribution is 2.24. The van der Waals surface area contributed by atoms with Crippen molar-refractivity contribution in [3.05, 3.63) is 0 Å². The predicted molar refractivity (Wildman–Crippen MR) is 102 cm³/mol. The van der Waals surface area contributed by atoms with Gasteiger partial charge in [0.15, 0.2) is 24.8 Å². The summed E-state index contributed by atoms with van der Waals surface area (Å²) in [6.07, 6.45) is 4.50. The van der Waals surface area contributed by atoms with Gasteiger partial charge in [-0.3, -0.25) is 9.59 Å². The average Bonchev–Trinajstić information content (AvgIpc) is 2.64. The minimum Gasteiger partial charge on any atom is -0.297 e. The molecule has 0 N–H and O–H groups in total. The van der Waals surface area contributed by atoms with Crippen molar-refractivity contribution in [2.24, 2.45) is 11.8 Å². The minimum absolute atomic E-state index is 0.186. The Kier molecular flexibility index (Phi) is 14.8. The minimum atomic E-state index is -2.50. The lowest BCUT2D eigenvalue weighted by atomic mass is 10.0. The van der Waals surface area contributed by atoms with Gasteiger partial charge in [-0.2, -0.15) is 0 Å². The number of rotatable bonds is 12. The smallest absolute Gasteiger partial charge is 0.297 e. The van der Waals surface area contributed by atoms with Gasteiger partial charge in [-0.15, -0.1) is 32.7 Å². The molecule has 6 heteroatoms. The number of carbonyl (C=O) groups excluding carboxylic acids is 2. The molecule has 0 saturated carbocycles. The van der Waals surface area contributed by atoms with Crippen LogP contribution in [0, 0.1) is 35.5 Å². The summed E-state index contributed by atoms with van der Waals surface area (Å²) in [6, 6.07) is 0. The lowest BCUT2D eigenvalue weighted by Gasteiger charge is -2.03. The average molecular weight is 381 g/mol.